The molecule has 0 unspecified atom stereocenters. The van der Waals surface area contributed by atoms with Crippen molar-refractivity contribution in [2.75, 3.05) is 44.2 Å². The number of nitrogens with one attached hydrogen (secondary N) is 3. The van der Waals surface area contributed by atoms with Crippen LogP contribution < -0.4 is 25.4 Å². The Morgan fingerprint density at radius 1 is 1.22 bits per heavy atom. The van der Waals surface area contributed by atoms with Crippen molar-refractivity contribution in [2.45, 2.75) is 13.8 Å². The molecule has 1 aromatic rings. The number of hydrazine groups is 1. The Bertz CT molecular complexity index is 542. The Balaban J connectivity index is 1.84. The van der Waals surface area contributed by atoms with E-state index in [1.54, 1.807) is 0 Å². The van der Waals surface area contributed by atoms with Gasteiger partial charge in [-0.05, 0) is 19.1 Å². The molecule has 2 rings (SSSR count). The summed E-state index contributed by atoms with van der Waals surface area (Å²) >= 11 is 0. The van der Waals surface area contributed by atoms with E-state index >= 15 is 0 Å². The molecule has 7 heteroatoms. The van der Waals surface area contributed by atoms with Crippen LogP contribution in [0.25, 0.3) is 0 Å². The van der Waals surface area contributed by atoms with E-state index in [1.165, 1.54) is 11.8 Å². The van der Waals surface area contributed by atoms with Crippen molar-refractivity contribution in [1.82, 2.24) is 10.9 Å². The molecule has 1 heterocycles. The minimum atomic E-state index is -0.272. The highest BCUT2D eigenvalue weighted by atomic mass is 16.5. The molecular weight excluding hydrogens is 296 g/mol. The topological polar surface area (TPSA) is 75.1 Å². The lowest BCUT2D eigenvalue weighted by Gasteiger charge is -2.34. The predicted molar refractivity (Wildman–Crippen MR) is 87.3 cm³/mol. The highest BCUT2D eigenvalue weighted by molar-refractivity contribution is 5.81. The summed E-state index contributed by atoms with van der Waals surface area (Å²) in [5, 5.41) is 0. The maximum absolute atomic E-state index is 11.7. The van der Waals surface area contributed by atoms with Crippen LogP contribution in [-0.4, -0.2) is 51.1 Å². The van der Waals surface area contributed by atoms with Crippen LogP contribution in [0.2, 0.25) is 0 Å². The van der Waals surface area contributed by atoms with Crippen LogP contribution in [0.15, 0.2) is 24.3 Å². The number of nitrogens with zero attached hydrogens (tertiary/aromatic N) is 1. The van der Waals surface area contributed by atoms with Crippen LogP contribution in [0, 0.1) is 0 Å². The quantitative estimate of drug-likeness (QED) is 0.606. The number of carbonyl (C=O) groups excluding carboxylic acids is 2. The minimum absolute atomic E-state index is 0.168. The number of piperazine rings is 1. The molecule has 0 radical (unpaired) electrons. The normalized spacial score (nSPS) is 15.1. The van der Waals surface area contributed by atoms with Gasteiger partial charge < -0.3 is 14.5 Å². The number of anilines is 1. The van der Waals surface area contributed by atoms with Crippen molar-refractivity contribution >= 4 is 17.5 Å². The molecule has 0 aromatic heterocycles. The second-order valence-electron chi connectivity index (χ2n) is 5.54. The average molecular weight is 321 g/mol. The zero-order chi connectivity index (χ0) is 16.7. The molecular formula is C16H25N4O3+. The molecule has 0 bridgehead atoms. The number of benzene rings is 1. The fraction of sp³-hybridized carbons (Fsp3) is 0.500. The molecule has 1 fully saturated rings. The summed E-state index contributed by atoms with van der Waals surface area (Å²) in [6, 6.07) is 8.04. The number of para-hydroxylation sites is 2. The highest BCUT2D eigenvalue weighted by Gasteiger charge is 2.23. The number of quaternary nitrogens is 1. The molecule has 1 aromatic carbocycles. The van der Waals surface area contributed by atoms with Crippen molar-refractivity contribution in [3.63, 3.8) is 0 Å². The maximum Gasteiger partial charge on any atom is 0.293 e. The van der Waals surface area contributed by atoms with E-state index in [2.05, 4.69) is 21.8 Å². The van der Waals surface area contributed by atoms with E-state index in [0.717, 1.165) is 37.6 Å². The summed E-state index contributed by atoms with van der Waals surface area (Å²) in [6.07, 6.45) is 0. The number of rotatable bonds is 5. The number of carbonyl (C=O) groups is 2. The molecule has 1 saturated heterocycles. The van der Waals surface area contributed by atoms with Crippen LogP contribution in [0.3, 0.4) is 0 Å². The van der Waals surface area contributed by atoms with E-state index in [9.17, 15) is 9.59 Å². The van der Waals surface area contributed by atoms with Crippen molar-refractivity contribution in [2.24, 2.45) is 0 Å². The van der Waals surface area contributed by atoms with Crippen LogP contribution in [-0.2, 0) is 9.59 Å². The zero-order valence-corrected chi connectivity index (χ0v) is 13.7. The molecule has 2 amide bonds. The van der Waals surface area contributed by atoms with Crippen LogP contribution in [0.5, 0.6) is 5.75 Å². The van der Waals surface area contributed by atoms with Crippen LogP contribution in [0.4, 0.5) is 5.69 Å². The first-order chi connectivity index (χ1) is 11.1. The van der Waals surface area contributed by atoms with Crippen LogP contribution >= 0.6 is 0 Å². The van der Waals surface area contributed by atoms with Gasteiger partial charge in [-0.15, -0.1) is 0 Å². The summed E-state index contributed by atoms with van der Waals surface area (Å²) in [6.45, 7) is 7.82. The van der Waals surface area contributed by atoms with Gasteiger partial charge in [0.1, 0.15) is 5.75 Å². The molecule has 1 aliphatic rings. The van der Waals surface area contributed by atoms with Crippen molar-refractivity contribution < 1.29 is 19.2 Å². The van der Waals surface area contributed by atoms with Gasteiger partial charge in [-0.1, -0.05) is 12.1 Å². The van der Waals surface area contributed by atoms with Gasteiger partial charge in [0.05, 0.1) is 38.5 Å². The summed E-state index contributed by atoms with van der Waals surface area (Å²) in [5.74, 6) is 0.464. The average Bonchev–Trinajstić information content (AvgIpc) is 2.55. The highest BCUT2D eigenvalue weighted by Crippen LogP contribution is 2.27. The Morgan fingerprint density at radius 3 is 2.57 bits per heavy atom. The van der Waals surface area contributed by atoms with E-state index in [4.69, 9.17) is 4.74 Å². The number of ether oxygens (including phenoxy) is 1. The lowest BCUT2D eigenvalue weighted by molar-refractivity contribution is -0.892. The van der Waals surface area contributed by atoms with E-state index in [1.807, 2.05) is 25.1 Å². The molecule has 0 aliphatic carbocycles. The largest absolute Gasteiger partial charge is 0.492 e. The van der Waals surface area contributed by atoms with E-state index in [-0.39, 0.29) is 11.8 Å². The minimum Gasteiger partial charge on any atom is -0.492 e. The van der Waals surface area contributed by atoms with Gasteiger partial charge >= 0.3 is 0 Å². The van der Waals surface area contributed by atoms with Gasteiger partial charge in [-0.2, -0.15) is 0 Å². The van der Waals surface area contributed by atoms with Gasteiger partial charge in [0, 0.05) is 6.92 Å². The first-order valence-corrected chi connectivity index (χ1v) is 7.96. The molecule has 0 saturated carbocycles. The van der Waals surface area contributed by atoms with Crippen LogP contribution in [0.1, 0.15) is 13.8 Å². The standard InChI is InChI=1S/C16H24N4O3/c1-3-23-15-7-5-4-6-14(15)20-10-8-19(9-11-20)12-16(22)18-17-13(2)21/h4-7H,3,8-12H2,1-2H3,(H,17,21)(H,18,22)/p+1. The maximum atomic E-state index is 11.7. The second-order valence-corrected chi connectivity index (χ2v) is 5.54. The second kappa shape index (κ2) is 8.38. The third-order valence-corrected chi connectivity index (χ3v) is 3.76. The Kier molecular flexibility index (Phi) is 6.22. The SMILES string of the molecule is CCOc1ccccc1N1CC[NH+](CC(=O)NNC(C)=O)CC1. The predicted octanol–water partition coefficient (Wildman–Crippen LogP) is -1.04. The molecule has 23 heavy (non-hydrogen) atoms. The number of hydrogen-bond acceptors (Lipinski definition) is 4. The smallest absolute Gasteiger partial charge is 0.293 e. The summed E-state index contributed by atoms with van der Waals surface area (Å²) in [7, 11) is 0. The molecule has 1 aliphatic heterocycles. The van der Waals surface area contributed by atoms with Crippen molar-refractivity contribution in [1.29, 1.82) is 0 Å². The Labute approximate surface area is 136 Å². The van der Waals surface area contributed by atoms with Gasteiger partial charge in [0.25, 0.3) is 5.91 Å². The first-order valence-electron chi connectivity index (χ1n) is 7.96. The number of amides is 2. The fourth-order valence-corrected chi connectivity index (χ4v) is 2.67. The van der Waals surface area contributed by atoms with Gasteiger partial charge in [0.15, 0.2) is 6.54 Å². The third-order valence-electron chi connectivity index (χ3n) is 3.76. The van der Waals surface area contributed by atoms with E-state index < -0.39 is 0 Å². The third kappa shape index (κ3) is 5.14. The summed E-state index contributed by atoms with van der Waals surface area (Å²) < 4.78 is 5.68. The van der Waals surface area contributed by atoms with Gasteiger partial charge in [0.2, 0.25) is 5.91 Å². The van der Waals surface area contributed by atoms with Crippen molar-refractivity contribution in [3.8, 4) is 5.75 Å². The molecule has 0 atom stereocenters. The number of hydrogen-bond donors (Lipinski definition) is 3. The lowest BCUT2D eigenvalue weighted by atomic mass is 10.2. The van der Waals surface area contributed by atoms with E-state index in [0.29, 0.717) is 13.2 Å². The van der Waals surface area contributed by atoms with Gasteiger partial charge in [-0.25, -0.2) is 0 Å². The summed E-state index contributed by atoms with van der Waals surface area (Å²) in [5.41, 5.74) is 5.82. The zero-order valence-electron chi connectivity index (χ0n) is 13.7. The lowest BCUT2D eigenvalue weighted by Crippen LogP contribution is -3.16. The Hall–Kier alpha value is -2.28. The van der Waals surface area contributed by atoms with Crippen molar-refractivity contribution in [3.05, 3.63) is 24.3 Å². The molecule has 7 nitrogen and oxygen atoms in total. The molecule has 3 N–H and O–H groups in total. The summed E-state index contributed by atoms with van der Waals surface area (Å²) in [4.78, 5) is 26.0. The van der Waals surface area contributed by atoms with Gasteiger partial charge in [-0.3, -0.25) is 20.4 Å². The first kappa shape index (κ1) is 17.1. The molecule has 0 spiro atoms. The fourth-order valence-electron chi connectivity index (χ4n) is 2.67. The Morgan fingerprint density at radius 2 is 1.91 bits per heavy atom. The monoisotopic (exact) mass is 321 g/mol. The molecule has 126 valence electrons.